The number of methoxy groups -OCH3 is 1. The number of rotatable bonds is 4. The number of nitrogens with zero attached hydrogens (tertiary/aromatic N) is 1. The zero-order chi connectivity index (χ0) is 16.8. The third-order valence-corrected chi connectivity index (χ3v) is 3.97. The molecule has 0 bridgehead atoms. The second-order valence-electron chi connectivity index (χ2n) is 4.52. The number of carbonyl (C=O) groups excluding carboxylic acids is 1. The van der Waals surface area contributed by atoms with Crippen molar-refractivity contribution in [1.29, 1.82) is 5.26 Å². The first-order valence-corrected chi connectivity index (χ1v) is 8.01. The van der Waals surface area contributed by atoms with Crippen LogP contribution in [0.4, 0.5) is 5.69 Å². The number of amides is 1. The van der Waals surface area contributed by atoms with E-state index in [2.05, 4.69) is 27.9 Å². The molecule has 2 aromatic rings. The van der Waals surface area contributed by atoms with Gasteiger partial charge in [0.15, 0.2) is 0 Å². The number of hydrogen-bond acceptors (Lipinski definition) is 3. The number of anilines is 1. The summed E-state index contributed by atoms with van der Waals surface area (Å²) in [7, 11) is 1.52. The van der Waals surface area contributed by atoms with Crippen molar-refractivity contribution in [3.8, 4) is 11.8 Å². The Morgan fingerprint density at radius 2 is 2.00 bits per heavy atom. The number of hydrogen-bond donors (Lipinski definition) is 1. The lowest BCUT2D eigenvalue weighted by Gasteiger charge is -2.06. The quantitative estimate of drug-likeness (QED) is 0.434. The van der Waals surface area contributed by atoms with E-state index in [4.69, 9.17) is 16.3 Å². The molecule has 0 heterocycles. The van der Waals surface area contributed by atoms with Crippen LogP contribution in [0.15, 0.2) is 48.0 Å². The predicted octanol–water partition coefficient (Wildman–Crippen LogP) is 4.50. The van der Waals surface area contributed by atoms with Gasteiger partial charge in [0, 0.05) is 9.26 Å². The smallest absolute Gasteiger partial charge is 0.266 e. The molecular weight excluding hydrogens is 427 g/mol. The summed E-state index contributed by atoms with van der Waals surface area (Å²) in [6, 6.07) is 14.2. The van der Waals surface area contributed by atoms with Gasteiger partial charge in [-0.2, -0.15) is 5.26 Å². The molecule has 0 spiro atoms. The highest BCUT2D eigenvalue weighted by molar-refractivity contribution is 14.1. The van der Waals surface area contributed by atoms with E-state index in [1.165, 1.54) is 13.2 Å². The molecule has 0 aliphatic heterocycles. The Morgan fingerprint density at radius 1 is 1.30 bits per heavy atom. The highest BCUT2D eigenvalue weighted by Gasteiger charge is 2.10. The van der Waals surface area contributed by atoms with Crippen LogP contribution in [0.5, 0.6) is 5.75 Å². The third kappa shape index (κ3) is 4.71. The Morgan fingerprint density at radius 3 is 2.57 bits per heavy atom. The first-order chi connectivity index (χ1) is 11.0. The number of carbonyl (C=O) groups is 1. The Labute approximate surface area is 152 Å². The first-order valence-electron chi connectivity index (χ1n) is 6.55. The van der Waals surface area contributed by atoms with Crippen molar-refractivity contribution in [3.63, 3.8) is 0 Å². The summed E-state index contributed by atoms with van der Waals surface area (Å²) in [5, 5.41) is 12.3. The van der Waals surface area contributed by atoms with E-state index in [0.717, 1.165) is 3.57 Å². The molecule has 2 rings (SSSR count). The van der Waals surface area contributed by atoms with Crippen molar-refractivity contribution in [3.05, 3.63) is 62.2 Å². The number of nitriles is 1. The lowest BCUT2D eigenvalue weighted by molar-refractivity contribution is -0.112. The predicted molar refractivity (Wildman–Crippen MR) is 99.4 cm³/mol. The Hall–Kier alpha value is -2.04. The lowest BCUT2D eigenvalue weighted by atomic mass is 10.1. The molecule has 0 unspecified atom stereocenters. The van der Waals surface area contributed by atoms with Crippen LogP contribution in [-0.4, -0.2) is 13.0 Å². The van der Waals surface area contributed by atoms with Crippen molar-refractivity contribution >= 4 is 51.9 Å². The van der Waals surface area contributed by atoms with Crippen molar-refractivity contribution in [2.45, 2.75) is 0 Å². The topological polar surface area (TPSA) is 62.1 Å². The maximum absolute atomic E-state index is 12.2. The summed E-state index contributed by atoms with van der Waals surface area (Å²) in [5.41, 5.74) is 1.26. The molecule has 0 fully saturated rings. The Balaban J connectivity index is 2.21. The van der Waals surface area contributed by atoms with Gasteiger partial charge in [-0.05, 0) is 70.6 Å². The normalized spacial score (nSPS) is 10.8. The van der Waals surface area contributed by atoms with Gasteiger partial charge in [-0.25, -0.2) is 0 Å². The molecule has 0 radical (unpaired) electrons. The lowest BCUT2D eigenvalue weighted by Crippen LogP contribution is -2.13. The summed E-state index contributed by atoms with van der Waals surface area (Å²) in [4.78, 5) is 12.2. The molecule has 0 saturated heterocycles. The van der Waals surface area contributed by atoms with Crippen LogP contribution in [-0.2, 0) is 4.79 Å². The van der Waals surface area contributed by atoms with Gasteiger partial charge >= 0.3 is 0 Å². The molecule has 1 amide bonds. The van der Waals surface area contributed by atoms with E-state index in [1.807, 2.05) is 18.2 Å². The van der Waals surface area contributed by atoms with Crippen LogP contribution in [0.25, 0.3) is 6.08 Å². The van der Waals surface area contributed by atoms with Gasteiger partial charge in [0.25, 0.3) is 5.91 Å². The van der Waals surface area contributed by atoms with Crippen LogP contribution < -0.4 is 10.1 Å². The number of ether oxygens (including phenoxy) is 1. The second kappa shape index (κ2) is 7.99. The van der Waals surface area contributed by atoms with E-state index in [1.54, 1.807) is 30.3 Å². The van der Waals surface area contributed by atoms with Crippen LogP contribution in [0.1, 0.15) is 5.56 Å². The molecule has 0 aliphatic rings. The maximum Gasteiger partial charge on any atom is 0.266 e. The summed E-state index contributed by atoms with van der Waals surface area (Å²) >= 11 is 8.22. The fourth-order valence-corrected chi connectivity index (χ4v) is 2.45. The number of halogens is 2. The standard InChI is InChI=1S/C17H12ClIN2O2/c1-23-16-7-2-11(9-15(16)18)8-12(10-20)17(22)21-14-5-3-13(19)4-6-14/h2-9H,1H3,(H,21,22)/b12-8+. The fourth-order valence-electron chi connectivity index (χ4n) is 1.82. The van der Waals surface area contributed by atoms with Gasteiger partial charge < -0.3 is 10.1 Å². The van der Waals surface area contributed by atoms with E-state index in [0.29, 0.717) is 22.0 Å². The summed E-state index contributed by atoms with van der Waals surface area (Å²) in [6.07, 6.45) is 1.48. The summed E-state index contributed by atoms with van der Waals surface area (Å²) in [6.45, 7) is 0. The molecule has 2 aromatic carbocycles. The minimum atomic E-state index is -0.472. The Kier molecular flexibility index (Phi) is 6.02. The van der Waals surface area contributed by atoms with Crippen molar-refractivity contribution in [1.82, 2.24) is 0 Å². The molecule has 1 N–H and O–H groups in total. The van der Waals surface area contributed by atoms with Gasteiger partial charge in [-0.1, -0.05) is 17.7 Å². The van der Waals surface area contributed by atoms with Crippen molar-refractivity contribution < 1.29 is 9.53 Å². The van der Waals surface area contributed by atoms with Crippen LogP contribution >= 0.6 is 34.2 Å². The minimum Gasteiger partial charge on any atom is -0.495 e. The molecule has 0 atom stereocenters. The van der Waals surface area contributed by atoms with Crippen molar-refractivity contribution in [2.75, 3.05) is 12.4 Å². The van der Waals surface area contributed by atoms with Gasteiger partial charge in [-0.15, -0.1) is 0 Å². The second-order valence-corrected chi connectivity index (χ2v) is 6.18. The maximum atomic E-state index is 12.2. The van der Waals surface area contributed by atoms with Gasteiger partial charge in [0.05, 0.1) is 12.1 Å². The fraction of sp³-hybridized carbons (Fsp3) is 0.0588. The van der Waals surface area contributed by atoms with Gasteiger partial charge in [0.2, 0.25) is 0 Å². The van der Waals surface area contributed by atoms with E-state index < -0.39 is 5.91 Å². The molecular formula is C17H12ClIN2O2. The van der Waals surface area contributed by atoms with E-state index in [-0.39, 0.29) is 5.57 Å². The SMILES string of the molecule is COc1ccc(/C=C(\C#N)C(=O)Nc2ccc(I)cc2)cc1Cl. The third-order valence-electron chi connectivity index (χ3n) is 2.95. The molecule has 0 aromatic heterocycles. The zero-order valence-electron chi connectivity index (χ0n) is 12.1. The summed E-state index contributed by atoms with van der Waals surface area (Å²) in [5.74, 6) is 0.0614. The van der Waals surface area contributed by atoms with Crippen LogP contribution in [0, 0.1) is 14.9 Å². The minimum absolute atomic E-state index is 0.00946. The zero-order valence-corrected chi connectivity index (χ0v) is 15.1. The number of nitrogens with one attached hydrogen (secondary N) is 1. The van der Waals surface area contributed by atoms with E-state index >= 15 is 0 Å². The molecule has 0 aliphatic carbocycles. The highest BCUT2D eigenvalue weighted by atomic mass is 127. The average molecular weight is 439 g/mol. The van der Waals surface area contributed by atoms with E-state index in [9.17, 15) is 10.1 Å². The monoisotopic (exact) mass is 438 g/mol. The van der Waals surface area contributed by atoms with Gasteiger partial charge in [-0.3, -0.25) is 4.79 Å². The number of benzene rings is 2. The van der Waals surface area contributed by atoms with Gasteiger partial charge in [0.1, 0.15) is 17.4 Å². The molecule has 23 heavy (non-hydrogen) atoms. The largest absolute Gasteiger partial charge is 0.495 e. The van der Waals surface area contributed by atoms with Crippen LogP contribution in [0.2, 0.25) is 5.02 Å². The average Bonchev–Trinajstić information content (AvgIpc) is 2.54. The molecule has 0 saturated carbocycles. The van der Waals surface area contributed by atoms with Crippen LogP contribution in [0.3, 0.4) is 0 Å². The van der Waals surface area contributed by atoms with Crippen molar-refractivity contribution in [2.24, 2.45) is 0 Å². The first kappa shape index (κ1) is 17.3. The molecule has 4 nitrogen and oxygen atoms in total. The molecule has 116 valence electrons. The Bertz CT molecular complexity index is 795. The molecule has 6 heteroatoms. The highest BCUT2D eigenvalue weighted by Crippen LogP contribution is 2.26. The summed E-state index contributed by atoms with van der Waals surface area (Å²) < 4.78 is 6.13.